The lowest BCUT2D eigenvalue weighted by molar-refractivity contribution is -0.302. The molecule has 0 spiro atoms. The van der Waals surface area contributed by atoms with Gasteiger partial charge in [-0.15, -0.1) is 0 Å². The van der Waals surface area contributed by atoms with E-state index in [-0.39, 0.29) is 17.1 Å². The van der Waals surface area contributed by atoms with Gasteiger partial charge in [-0.05, 0) is 84.9 Å². The molecule has 15 atom stereocenters. The van der Waals surface area contributed by atoms with E-state index >= 15 is 0 Å². The van der Waals surface area contributed by atoms with Gasteiger partial charge in [-0.3, -0.25) is 0 Å². The largest absolute Gasteiger partial charge is 0.349 e. The van der Waals surface area contributed by atoms with Crippen LogP contribution in [-0.2, 0) is 14.3 Å². The van der Waals surface area contributed by atoms with E-state index in [0.29, 0.717) is 30.0 Å². The zero-order valence-electron chi connectivity index (χ0n) is 15.1. The fourth-order valence-corrected chi connectivity index (χ4v) is 11.6. The molecule has 2 aliphatic heterocycles. The van der Waals surface area contributed by atoms with Gasteiger partial charge < -0.3 is 14.3 Å². The highest BCUT2D eigenvalue weighted by Gasteiger charge is 2.86. The van der Waals surface area contributed by atoms with Crippen molar-refractivity contribution in [3.63, 3.8) is 0 Å². The van der Waals surface area contributed by atoms with Crippen LogP contribution in [0.2, 0.25) is 0 Å². The zero-order chi connectivity index (χ0) is 16.5. The highest BCUT2D eigenvalue weighted by atomic mass is 16.7. The predicted octanol–water partition coefficient (Wildman–Crippen LogP) is 3.13. The number of carbonyl (C=O) groups excluding carboxylic acids is 1. The maximum absolute atomic E-state index is 12.6. The first kappa shape index (κ1) is 13.7. The molecule has 2 heterocycles. The van der Waals surface area contributed by atoms with Crippen molar-refractivity contribution in [1.82, 2.24) is 0 Å². The molecule has 8 aliphatic rings. The van der Waals surface area contributed by atoms with Crippen LogP contribution in [0.3, 0.4) is 0 Å². The highest BCUT2D eigenvalue weighted by molar-refractivity contribution is 5.63. The number of ether oxygens (including phenoxy) is 2. The standard InChI is InChI=1S/C22H28O3/c1-21(7-23)16-8-3-5-11-13(8)19-14(16)15-17-9-4-6-10(12(9)18(15)21)24-20(25-11)22(17,19)2/h7-20H,3-6H2,1-2H3/t8-,9-,10-,11-,12-,13-,14-,15+,16+,17+,18+,19-,20-,21+,22+/m1/s1. The average molecular weight is 340 g/mol. The first-order valence-corrected chi connectivity index (χ1v) is 10.9. The number of fused-ring (bicyclic) bond motifs is 1. The zero-order valence-corrected chi connectivity index (χ0v) is 15.1. The van der Waals surface area contributed by atoms with Crippen molar-refractivity contribution in [3.8, 4) is 0 Å². The van der Waals surface area contributed by atoms with Gasteiger partial charge in [0.05, 0.1) is 12.2 Å². The lowest BCUT2D eigenvalue weighted by Crippen LogP contribution is -2.55. The van der Waals surface area contributed by atoms with Crippen molar-refractivity contribution in [3.05, 3.63) is 0 Å². The van der Waals surface area contributed by atoms with E-state index in [1.54, 1.807) is 0 Å². The molecular formula is C22H28O3. The Bertz CT molecular complexity index is 720. The van der Waals surface area contributed by atoms with Gasteiger partial charge in [0.1, 0.15) is 6.29 Å². The van der Waals surface area contributed by atoms with Crippen LogP contribution in [0.1, 0.15) is 39.5 Å². The van der Waals surface area contributed by atoms with Gasteiger partial charge >= 0.3 is 0 Å². The van der Waals surface area contributed by atoms with Gasteiger partial charge in [0.2, 0.25) is 0 Å². The summed E-state index contributed by atoms with van der Waals surface area (Å²) in [4.78, 5) is 12.6. The van der Waals surface area contributed by atoms with Crippen LogP contribution in [-0.4, -0.2) is 24.8 Å². The van der Waals surface area contributed by atoms with Crippen LogP contribution in [0, 0.1) is 70.0 Å². The van der Waals surface area contributed by atoms with E-state index < -0.39 is 0 Å². The van der Waals surface area contributed by atoms with Gasteiger partial charge in [-0.25, -0.2) is 0 Å². The molecule has 8 rings (SSSR count). The van der Waals surface area contributed by atoms with Crippen molar-refractivity contribution in [1.29, 1.82) is 0 Å². The quantitative estimate of drug-likeness (QED) is 0.688. The molecule has 8 fully saturated rings. The maximum Gasteiger partial charge on any atom is 0.164 e. The third kappa shape index (κ3) is 1.04. The Labute approximate surface area is 149 Å². The van der Waals surface area contributed by atoms with Crippen LogP contribution in [0.4, 0.5) is 0 Å². The van der Waals surface area contributed by atoms with Crippen LogP contribution in [0.5, 0.6) is 0 Å². The number of carbonyl (C=O) groups is 1. The minimum absolute atomic E-state index is 0.0492. The molecule has 0 aromatic heterocycles. The van der Waals surface area contributed by atoms with Crippen LogP contribution in [0.25, 0.3) is 0 Å². The van der Waals surface area contributed by atoms with E-state index in [0.717, 1.165) is 41.4 Å². The maximum atomic E-state index is 12.6. The average Bonchev–Trinajstić information content (AvgIpc) is 3.32. The molecule has 3 heteroatoms. The highest BCUT2D eigenvalue weighted by Crippen LogP contribution is 2.87. The van der Waals surface area contributed by atoms with Crippen molar-refractivity contribution in [2.75, 3.05) is 0 Å². The SMILES string of the molecule is C[C@@]1(C=O)[C@@H]2[C@H]3[C@@H]4[C@@H]1[C@@H]1CC[C@H]5O[C@H]6O[C@@H]7CC[C@H]([C@@H]27)[C@@H]3[C@@]6(C)[C@@H]4[C@H]15. The lowest BCUT2D eigenvalue weighted by atomic mass is 9.62. The Balaban J connectivity index is 1.48. The number of rotatable bonds is 1. The van der Waals surface area contributed by atoms with Crippen LogP contribution in [0.15, 0.2) is 0 Å². The minimum atomic E-state index is -0.0932. The topological polar surface area (TPSA) is 35.5 Å². The summed E-state index contributed by atoms with van der Waals surface area (Å²) in [5, 5.41) is 0. The van der Waals surface area contributed by atoms with Gasteiger partial charge in [-0.1, -0.05) is 13.8 Å². The van der Waals surface area contributed by atoms with Crippen LogP contribution >= 0.6 is 0 Å². The molecule has 25 heavy (non-hydrogen) atoms. The summed E-state index contributed by atoms with van der Waals surface area (Å²) in [7, 11) is 0. The summed E-state index contributed by atoms with van der Waals surface area (Å²) in [5.74, 6) is 7.30. The Morgan fingerprint density at radius 3 is 2.04 bits per heavy atom. The van der Waals surface area contributed by atoms with Crippen molar-refractivity contribution in [2.45, 2.75) is 58.0 Å². The third-order valence-electron chi connectivity index (χ3n) is 11.5. The molecule has 0 aromatic rings. The lowest BCUT2D eigenvalue weighted by Gasteiger charge is -2.52. The second-order valence-corrected chi connectivity index (χ2v) is 11.4. The van der Waals surface area contributed by atoms with Gasteiger partial charge in [-0.2, -0.15) is 0 Å². The Morgan fingerprint density at radius 1 is 0.760 bits per heavy atom. The number of hydrogen-bond donors (Lipinski definition) is 0. The fourth-order valence-electron chi connectivity index (χ4n) is 11.6. The summed E-state index contributed by atoms with van der Waals surface area (Å²) >= 11 is 0. The van der Waals surface area contributed by atoms with Gasteiger partial charge in [0.25, 0.3) is 0 Å². The second-order valence-electron chi connectivity index (χ2n) is 11.4. The van der Waals surface area contributed by atoms with Crippen molar-refractivity contribution >= 4 is 6.29 Å². The van der Waals surface area contributed by atoms with Gasteiger partial charge in [0, 0.05) is 10.8 Å². The van der Waals surface area contributed by atoms with Crippen LogP contribution < -0.4 is 0 Å². The molecule has 0 unspecified atom stereocenters. The van der Waals surface area contributed by atoms with E-state index in [9.17, 15) is 4.79 Å². The Hall–Kier alpha value is -0.410. The normalized spacial score (nSPS) is 77.9. The molecule has 0 radical (unpaired) electrons. The monoisotopic (exact) mass is 340 g/mol. The third-order valence-corrected chi connectivity index (χ3v) is 11.5. The molecule has 0 aromatic carbocycles. The number of aldehydes is 1. The fraction of sp³-hybridized carbons (Fsp3) is 0.955. The molecule has 4 bridgehead atoms. The van der Waals surface area contributed by atoms with E-state index in [1.807, 2.05) is 0 Å². The number of hydrogen-bond acceptors (Lipinski definition) is 3. The molecule has 3 nitrogen and oxygen atoms in total. The summed E-state index contributed by atoms with van der Waals surface area (Å²) in [6.45, 7) is 4.92. The first-order chi connectivity index (χ1) is 12.1. The molecular weight excluding hydrogens is 312 g/mol. The minimum Gasteiger partial charge on any atom is -0.349 e. The summed E-state index contributed by atoms with van der Waals surface area (Å²) < 4.78 is 13.6. The molecule has 6 saturated carbocycles. The van der Waals surface area contributed by atoms with E-state index in [2.05, 4.69) is 13.8 Å². The molecule has 0 amide bonds. The molecule has 0 N–H and O–H groups in total. The summed E-state index contributed by atoms with van der Waals surface area (Å²) in [5.41, 5.74) is 0.134. The molecule has 2 saturated heterocycles. The smallest absolute Gasteiger partial charge is 0.164 e. The summed E-state index contributed by atoms with van der Waals surface area (Å²) in [6.07, 6.45) is 7.30. The second kappa shape index (κ2) is 3.63. The van der Waals surface area contributed by atoms with Crippen molar-refractivity contribution in [2.24, 2.45) is 70.0 Å². The van der Waals surface area contributed by atoms with Gasteiger partial charge in [0.15, 0.2) is 6.29 Å². The first-order valence-electron chi connectivity index (χ1n) is 10.9. The molecule has 134 valence electrons. The predicted molar refractivity (Wildman–Crippen MR) is 89.2 cm³/mol. The van der Waals surface area contributed by atoms with Crippen molar-refractivity contribution < 1.29 is 14.3 Å². The van der Waals surface area contributed by atoms with E-state index in [4.69, 9.17) is 9.47 Å². The molecule has 6 aliphatic carbocycles. The summed E-state index contributed by atoms with van der Waals surface area (Å²) in [6, 6.07) is 0. The Kier molecular flexibility index (Phi) is 1.99. The van der Waals surface area contributed by atoms with E-state index in [1.165, 1.54) is 32.0 Å². The Morgan fingerprint density at radius 2 is 1.36 bits per heavy atom.